The number of benzene rings is 2. The molecule has 29 heavy (non-hydrogen) atoms. The highest BCUT2D eigenvalue weighted by atomic mass is 16.2. The van der Waals surface area contributed by atoms with Crippen molar-refractivity contribution in [3.63, 3.8) is 0 Å². The van der Waals surface area contributed by atoms with Gasteiger partial charge in [-0.2, -0.15) is 0 Å². The number of nitrogens with one attached hydrogen (secondary N) is 2. The number of urea groups is 1. The first-order valence-electron chi connectivity index (χ1n) is 9.48. The van der Waals surface area contributed by atoms with Crippen LogP contribution in [0, 0.1) is 0 Å². The Bertz CT molecular complexity index is 958. The molecule has 2 aromatic carbocycles. The maximum Gasteiger partial charge on any atom is 0.325 e. The second-order valence-electron chi connectivity index (χ2n) is 6.99. The Hall–Kier alpha value is -3.48. The van der Waals surface area contributed by atoms with Crippen molar-refractivity contribution < 1.29 is 19.2 Å². The molecule has 150 valence electrons. The Morgan fingerprint density at radius 1 is 1.03 bits per heavy atom. The molecule has 0 aromatic heterocycles. The topological polar surface area (TPSA) is 95.6 Å². The summed E-state index contributed by atoms with van der Waals surface area (Å²) in [5, 5.41) is 5.41. The summed E-state index contributed by atoms with van der Waals surface area (Å²) in [6.45, 7) is 2.90. The highest BCUT2D eigenvalue weighted by Crippen LogP contribution is 2.33. The molecule has 7 nitrogen and oxygen atoms in total. The quantitative estimate of drug-likeness (QED) is 0.558. The minimum atomic E-state index is -1.18. The summed E-state index contributed by atoms with van der Waals surface area (Å²) in [4.78, 5) is 51.0. The number of carbonyl (C=O) groups excluding carboxylic acids is 4. The van der Waals surface area contributed by atoms with Gasteiger partial charge in [-0.15, -0.1) is 0 Å². The number of Topliss-reactive ketones (excluding diaryl/α,β-unsaturated/α-hetero) is 1. The fourth-order valence-electron chi connectivity index (χ4n) is 3.61. The van der Waals surface area contributed by atoms with E-state index in [0.717, 1.165) is 4.90 Å². The maximum absolute atomic E-state index is 13.2. The van der Waals surface area contributed by atoms with E-state index in [1.54, 1.807) is 48.5 Å². The Morgan fingerprint density at radius 3 is 2.34 bits per heavy atom. The molecule has 2 aromatic rings. The summed E-state index contributed by atoms with van der Waals surface area (Å²) in [6, 6.07) is 15.0. The van der Waals surface area contributed by atoms with E-state index in [1.165, 1.54) is 6.92 Å². The zero-order chi connectivity index (χ0) is 21.0. The minimum absolute atomic E-state index is 0.193. The Kier molecular flexibility index (Phi) is 5.77. The van der Waals surface area contributed by atoms with Crippen LogP contribution in [0.25, 0.3) is 0 Å². The van der Waals surface area contributed by atoms with Gasteiger partial charge in [0.1, 0.15) is 12.1 Å². The summed E-state index contributed by atoms with van der Waals surface area (Å²) in [5.41, 5.74) is 0.220. The van der Waals surface area contributed by atoms with Gasteiger partial charge in [0.2, 0.25) is 5.91 Å². The maximum atomic E-state index is 13.2. The summed E-state index contributed by atoms with van der Waals surface area (Å²) < 4.78 is 0. The summed E-state index contributed by atoms with van der Waals surface area (Å²) in [5.74, 6) is -1.20. The number of amides is 4. The summed E-state index contributed by atoms with van der Waals surface area (Å²) in [6.07, 6.45) is 1.10. The highest BCUT2D eigenvalue weighted by Gasteiger charge is 2.52. The molecule has 0 saturated carbocycles. The molecule has 1 saturated heterocycles. The van der Waals surface area contributed by atoms with Gasteiger partial charge in [0.05, 0.1) is 5.69 Å². The molecule has 1 heterocycles. The Labute approximate surface area is 169 Å². The normalized spacial score (nSPS) is 18.5. The fraction of sp³-hybridized carbons (Fsp3) is 0.273. The second kappa shape index (κ2) is 8.26. The monoisotopic (exact) mass is 393 g/mol. The smallest absolute Gasteiger partial charge is 0.324 e. The fourth-order valence-corrected chi connectivity index (χ4v) is 3.61. The number of anilines is 1. The van der Waals surface area contributed by atoms with Gasteiger partial charge in [-0.1, -0.05) is 55.8 Å². The molecule has 1 aliphatic rings. The zero-order valence-electron chi connectivity index (χ0n) is 16.4. The third-order valence-corrected chi connectivity index (χ3v) is 4.95. The Balaban J connectivity index is 1.81. The molecular weight excluding hydrogens is 370 g/mol. The van der Waals surface area contributed by atoms with E-state index in [0.29, 0.717) is 29.7 Å². The van der Waals surface area contributed by atoms with Gasteiger partial charge in [-0.05, 0) is 31.0 Å². The van der Waals surface area contributed by atoms with Crippen molar-refractivity contribution in [2.75, 3.05) is 11.9 Å². The van der Waals surface area contributed by atoms with Crippen molar-refractivity contribution >= 4 is 29.3 Å². The van der Waals surface area contributed by atoms with Crippen LogP contribution in [0.15, 0.2) is 54.6 Å². The second-order valence-corrected chi connectivity index (χ2v) is 6.99. The van der Waals surface area contributed by atoms with Crippen molar-refractivity contribution in [3.05, 3.63) is 65.7 Å². The molecule has 2 N–H and O–H groups in total. The molecule has 3 rings (SSSR count). The van der Waals surface area contributed by atoms with Crippen molar-refractivity contribution in [2.24, 2.45) is 0 Å². The van der Waals surface area contributed by atoms with E-state index in [9.17, 15) is 19.2 Å². The van der Waals surface area contributed by atoms with Crippen LogP contribution in [0.4, 0.5) is 10.5 Å². The first kappa shape index (κ1) is 20.3. The van der Waals surface area contributed by atoms with Crippen LogP contribution in [0.5, 0.6) is 0 Å². The van der Waals surface area contributed by atoms with E-state index in [2.05, 4.69) is 10.6 Å². The third kappa shape index (κ3) is 3.89. The van der Waals surface area contributed by atoms with Crippen LogP contribution in [-0.4, -0.2) is 35.1 Å². The number of ketones is 1. The number of hydrogen-bond acceptors (Lipinski definition) is 4. The Morgan fingerprint density at radius 2 is 1.69 bits per heavy atom. The number of hydrogen-bond donors (Lipinski definition) is 2. The number of carbonyl (C=O) groups is 4. The van der Waals surface area contributed by atoms with Gasteiger partial charge in [-0.3, -0.25) is 19.3 Å². The lowest BCUT2D eigenvalue weighted by molar-refractivity contribution is -0.134. The largest absolute Gasteiger partial charge is 0.325 e. The standard InChI is InChI=1S/C22H23N3O4/c1-3-13-22(16-9-5-4-6-10-16)20(28)25(21(29)24-22)14-19(27)23-18-12-8-7-11-17(18)15(2)26/h4-12H,3,13-14H2,1-2H3,(H,23,27)(H,24,29)/t22-/m1/s1. The molecule has 0 bridgehead atoms. The number of rotatable bonds is 7. The van der Waals surface area contributed by atoms with Crippen molar-refractivity contribution in [2.45, 2.75) is 32.2 Å². The number of nitrogens with zero attached hydrogens (tertiary/aromatic N) is 1. The van der Waals surface area contributed by atoms with Gasteiger partial charge in [-0.25, -0.2) is 4.79 Å². The molecule has 1 aliphatic heterocycles. The predicted molar refractivity (Wildman–Crippen MR) is 108 cm³/mol. The first-order valence-corrected chi connectivity index (χ1v) is 9.48. The van der Waals surface area contributed by atoms with E-state index < -0.39 is 29.9 Å². The van der Waals surface area contributed by atoms with Crippen LogP contribution in [-0.2, 0) is 15.1 Å². The van der Waals surface area contributed by atoms with Crippen molar-refractivity contribution in [1.29, 1.82) is 0 Å². The summed E-state index contributed by atoms with van der Waals surface area (Å²) in [7, 11) is 0. The highest BCUT2D eigenvalue weighted by molar-refractivity contribution is 6.11. The minimum Gasteiger partial charge on any atom is -0.324 e. The number of para-hydroxylation sites is 1. The molecule has 0 unspecified atom stereocenters. The summed E-state index contributed by atoms with van der Waals surface area (Å²) >= 11 is 0. The average Bonchev–Trinajstić information content (AvgIpc) is 2.94. The third-order valence-electron chi connectivity index (χ3n) is 4.95. The van der Waals surface area contributed by atoms with Crippen molar-refractivity contribution in [3.8, 4) is 0 Å². The van der Waals surface area contributed by atoms with Gasteiger partial charge in [0, 0.05) is 5.56 Å². The van der Waals surface area contributed by atoms with Crippen LogP contribution in [0.1, 0.15) is 42.6 Å². The first-order chi connectivity index (χ1) is 13.9. The zero-order valence-corrected chi connectivity index (χ0v) is 16.4. The molecular formula is C22H23N3O4. The molecule has 0 spiro atoms. The van der Waals surface area contributed by atoms with Crippen LogP contribution in [0.3, 0.4) is 0 Å². The predicted octanol–water partition coefficient (Wildman–Crippen LogP) is 3.08. The SMILES string of the molecule is CCC[C@]1(c2ccccc2)NC(=O)N(CC(=O)Nc2ccccc2C(C)=O)C1=O. The molecule has 1 atom stereocenters. The van der Waals surface area contributed by atoms with Crippen LogP contribution >= 0.6 is 0 Å². The molecule has 4 amide bonds. The van der Waals surface area contributed by atoms with Crippen LogP contribution in [0.2, 0.25) is 0 Å². The van der Waals surface area contributed by atoms with Gasteiger partial charge in [0.15, 0.2) is 5.78 Å². The average molecular weight is 393 g/mol. The lowest BCUT2D eigenvalue weighted by Gasteiger charge is -2.26. The number of imide groups is 1. The van der Waals surface area contributed by atoms with E-state index >= 15 is 0 Å². The lowest BCUT2D eigenvalue weighted by Crippen LogP contribution is -2.44. The van der Waals surface area contributed by atoms with E-state index in [-0.39, 0.29) is 5.78 Å². The van der Waals surface area contributed by atoms with E-state index in [1.807, 2.05) is 13.0 Å². The lowest BCUT2D eigenvalue weighted by atomic mass is 9.85. The van der Waals surface area contributed by atoms with Gasteiger partial charge >= 0.3 is 6.03 Å². The van der Waals surface area contributed by atoms with E-state index in [4.69, 9.17) is 0 Å². The van der Waals surface area contributed by atoms with Crippen LogP contribution < -0.4 is 10.6 Å². The molecule has 0 radical (unpaired) electrons. The van der Waals surface area contributed by atoms with Gasteiger partial charge < -0.3 is 10.6 Å². The molecule has 7 heteroatoms. The molecule has 1 fully saturated rings. The van der Waals surface area contributed by atoms with Crippen molar-refractivity contribution in [1.82, 2.24) is 10.2 Å². The molecule has 0 aliphatic carbocycles. The van der Waals surface area contributed by atoms with Gasteiger partial charge in [0.25, 0.3) is 5.91 Å².